The first kappa shape index (κ1) is 8.31. The molecule has 1 nitrogen and oxygen atoms in total. The Labute approximate surface area is 74.8 Å². The van der Waals surface area contributed by atoms with E-state index in [4.69, 9.17) is 4.74 Å². The molecule has 0 aromatic carbocycles. The molecule has 2 fully saturated rings. The molecule has 1 aliphatic heterocycles. The molecule has 0 N–H and O–H groups in total. The summed E-state index contributed by atoms with van der Waals surface area (Å²) in [7, 11) is 0. The number of ether oxygens (including phenoxy) is 1. The molecule has 12 heavy (non-hydrogen) atoms. The van der Waals surface area contributed by atoms with Crippen LogP contribution in [0.5, 0.6) is 0 Å². The highest BCUT2D eigenvalue weighted by Crippen LogP contribution is 2.55. The second kappa shape index (κ2) is 2.35. The van der Waals surface area contributed by atoms with E-state index in [0.29, 0.717) is 17.9 Å². The summed E-state index contributed by atoms with van der Waals surface area (Å²) in [4.78, 5) is 0. The van der Waals surface area contributed by atoms with Gasteiger partial charge in [0.25, 0.3) is 0 Å². The average molecular weight is 166 g/mol. The molecule has 1 heterocycles. The molecule has 2 aliphatic rings. The smallest absolute Gasteiger partial charge is 0.0752 e. The van der Waals surface area contributed by atoms with Crippen LogP contribution >= 0.6 is 0 Å². The summed E-state index contributed by atoms with van der Waals surface area (Å²) < 4.78 is 6.02. The molecule has 0 radical (unpaired) electrons. The summed E-state index contributed by atoms with van der Waals surface area (Å²) in [5.41, 5.74) is 1.57. The van der Waals surface area contributed by atoms with Gasteiger partial charge in [0.05, 0.1) is 11.7 Å². The van der Waals surface area contributed by atoms with Gasteiger partial charge in [-0.05, 0) is 25.7 Å². The lowest BCUT2D eigenvalue weighted by molar-refractivity contribution is -0.0602. The van der Waals surface area contributed by atoms with Crippen LogP contribution in [-0.2, 0) is 4.74 Å². The van der Waals surface area contributed by atoms with Gasteiger partial charge >= 0.3 is 0 Å². The normalized spacial score (nSPS) is 51.9. The zero-order valence-corrected chi connectivity index (χ0v) is 8.26. The highest BCUT2D eigenvalue weighted by Gasteiger charge is 2.56. The Hall–Kier alpha value is -0.300. The van der Waals surface area contributed by atoms with Gasteiger partial charge in [-0.25, -0.2) is 0 Å². The van der Waals surface area contributed by atoms with Crippen LogP contribution in [0.25, 0.3) is 0 Å². The summed E-state index contributed by atoms with van der Waals surface area (Å²) in [5.74, 6) is 1.31. The molecule has 1 saturated heterocycles. The van der Waals surface area contributed by atoms with Gasteiger partial charge in [-0.2, -0.15) is 0 Å². The van der Waals surface area contributed by atoms with Crippen LogP contribution < -0.4 is 0 Å². The van der Waals surface area contributed by atoms with Gasteiger partial charge in [0, 0.05) is 5.92 Å². The molecule has 0 amide bonds. The molecule has 2 rings (SSSR count). The van der Waals surface area contributed by atoms with Crippen molar-refractivity contribution in [2.45, 2.75) is 45.3 Å². The van der Waals surface area contributed by atoms with Crippen molar-refractivity contribution in [2.24, 2.45) is 11.8 Å². The lowest BCUT2D eigenvalue weighted by Crippen LogP contribution is -2.32. The van der Waals surface area contributed by atoms with E-state index in [1.54, 1.807) is 0 Å². The Morgan fingerprint density at radius 1 is 1.58 bits per heavy atom. The predicted molar refractivity (Wildman–Crippen MR) is 50.0 cm³/mol. The molecule has 0 unspecified atom stereocenters. The zero-order chi connectivity index (χ0) is 8.93. The topological polar surface area (TPSA) is 9.23 Å². The van der Waals surface area contributed by atoms with Crippen LogP contribution in [0.15, 0.2) is 12.2 Å². The third-order valence-corrected chi connectivity index (χ3v) is 3.89. The Balaban J connectivity index is 2.34. The molecule has 1 saturated carbocycles. The second-order valence-electron chi connectivity index (χ2n) is 4.39. The van der Waals surface area contributed by atoms with Crippen LogP contribution in [-0.4, -0.2) is 11.7 Å². The van der Waals surface area contributed by atoms with Crippen LogP contribution in [0.2, 0.25) is 0 Å². The molecule has 1 aliphatic carbocycles. The first-order valence-electron chi connectivity index (χ1n) is 4.96. The fourth-order valence-electron chi connectivity index (χ4n) is 3.21. The third kappa shape index (κ3) is 0.779. The maximum Gasteiger partial charge on any atom is 0.0752 e. The summed E-state index contributed by atoms with van der Waals surface area (Å²) >= 11 is 0. The molecular formula is C11H18O. The summed E-state index contributed by atoms with van der Waals surface area (Å²) in [6.07, 6.45) is 2.63. The standard InChI is InChI=1S/C11H18O/c1-5-11-6-7(2)10(8(11)3)9(4)12-11/h8-10H,2,5-6H2,1,3-4H3/t8-,9+,10+,11-/m1/s1. The zero-order valence-electron chi connectivity index (χ0n) is 8.26. The fraction of sp³-hybridized carbons (Fsp3) is 0.818. The molecule has 68 valence electrons. The number of fused-ring (bicyclic) bond motifs is 2. The minimum atomic E-state index is 0.154. The van der Waals surface area contributed by atoms with E-state index in [-0.39, 0.29) is 5.60 Å². The van der Waals surface area contributed by atoms with Gasteiger partial charge in [-0.1, -0.05) is 26.0 Å². The maximum absolute atomic E-state index is 6.02. The minimum Gasteiger partial charge on any atom is -0.371 e. The van der Waals surface area contributed by atoms with Crippen LogP contribution in [0.1, 0.15) is 33.6 Å². The quantitative estimate of drug-likeness (QED) is 0.544. The van der Waals surface area contributed by atoms with Crippen molar-refractivity contribution in [2.75, 3.05) is 0 Å². The van der Waals surface area contributed by atoms with Crippen LogP contribution in [0, 0.1) is 11.8 Å². The van der Waals surface area contributed by atoms with E-state index in [1.807, 2.05) is 0 Å². The van der Waals surface area contributed by atoms with Crippen LogP contribution in [0.4, 0.5) is 0 Å². The van der Waals surface area contributed by atoms with Gasteiger partial charge < -0.3 is 4.74 Å². The van der Waals surface area contributed by atoms with Crippen molar-refractivity contribution in [3.05, 3.63) is 12.2 Å². The average Bonchev–Trinajstić information content (AvgIpc) is 2.37. The summed E-state index contributed by atoms with van der Waals surface area (Å²) in [6.45, 7) is 10.9. The van der Waals surface area contributed by atoms with Gasteiger partial charge in [-0.15, -0.1) is 0 Å². The van der Waals surface area contributed by atoms with Gasteiger partial charge in [0.15, 0.2) is 0 Å². The molecule has 1 heteroatoms. The number of hydrogen-bond acceptors (Lipinski definition) is 1. The second-order valence-corrected chi connectivity index (χ2v) is 4.39. The molecule has 0 aromatic heterocycles. The Kier molecular flexibility index (Phi) is 1.63. The van der Waals surface area contributed by atoms with Crippen molar-refractivity contribution in [1.82, 2.24) is 0 Å². The summed E-state index contributed by atoms with van der Waals surface area (Å²) in [6, 6.07) is 0. The van der Waals surface area contributed by atoms with Gasteiger partial charge in [-0.3, -0.25) is 0 Å². The lowest BCUT2D eigenvalue weighted by atomic mass is 9.87. The maximum atomic E-state index is 6.02. The van der Waals surface area contributed by atoms with E-state index in [0.717, 1.165) is 12.8 Å². The SMILES string of the molecule is C=C1C[C@@]2(CC)O[C@@H](C)[C@@H]1[C@H]2C. The highest BCUT2D eigenvalue weighted by atomic mass is 16.5. The number of hydrogen-bond donors (Lipinski definition) is 0. The monoisotopic (exact) mass is 166 g/mol. The minimum absolute atomic E-state index is 0.154. The van der Waals surface area contributed by atoms with Crippen molar-refractivity contribution in [1.29, 1.82) is 0 Å². The van der Waals surface area contributed by atoms with Gasteiger partial charge in [0.2, 0.25) is 0 Å². The largest absolute Gasteiger partial charge is 0.371 e. The first-order chi connectivity index (χ1) is 5.60. The van der Waals surface area contributed by atoms with E-state index in [1.165, 1.54) is 5.57 Å². The fourth-order valence-corrected chi connectivity index (χ4v) is 3.21. The predicted octanol–water partition coefficient (Wildman–Crippen LogP) is 2.77. The van der Waals surface area contributed by atoms with Crippen molar-refractivity contribution in [3.63, 3.8) is 0 Å². The van der Waals surface area contributed by atoms with E-state index in [9.17, 15) is 0 Å². The van der Waals surface area contributed by atoms with Crippen molar-refractivity contribution < 1.29 is 4.74 Å². The van der Waals surface area contributed by atoms with E-state index < -0.39 is 0 Å². The number of rotatable bonds is 1. The Morgan fingerprint density at radius 3 is 2.58 bits per heavy atom. The molecule has 0 aromatic rings. The lowest BCUT2D eigenvalue weighted by Gasteiger charge is -2.30. The molecular weight excluding hydrogens is 148 g/mol. The third-order valence-electron chi connectivity index (χ3n) is 3.89. The van der Waals surface area contributed by atoms with E-state index >= 15 is 0 Å². The molecule has 4 atom stereocenters. The Bertz CT molecular complexity index is 221. The molecule has 2 bridgehead atoms. The van der Waals surface area contributed by atoms with Crippen molar-refractivity contribution >= 4 is 0 Å². The van der Waals surface area contributed by atoms with Crippen LogP contribution in [0.3, 0.4) is 0 Å². The molecule has 0 spiro atoms. The van der Waals surface area contributed by atoms with Gasteiger partial charge in [0.1, 0.15) is 0 Å². The summed E-state index contributed by atoms with van der Waals surface area (Å²) in [5, 5.41) is 0. The van der Waals surface area contributed by atoms with Crippen molar-refractivity contribution in [3.8, 4) is 0 Å². The highest BCUT2D eigenvalue weighted by molar-refractivity contribution is 5.23. The van der Waals surface area contributed by atoms with E-state index in [2.05, 4.69) is 27.4 Å². The first-order valence-corrected chi connectivity index (χ1v) is 4.96. The Morgan fingerprint density at radius 2 is 2.25 bits per heavy atom.